The smallest absolute Gasteiger partial charge is 0.192 e. The van der Waals surface area contributed by atoms with Crippen LogP contribution < -0.4 is 0 Å². The van der Waals surface area contributed by atoms with E-state index in [9.17, 15) is 4.79 Å². The highest BCUT2D eigenvalue weighted by molar-refractivity contribution is 7.99. The van der Waals surface area contributed by atoms with E-state index in [0.29, 0.717) is 18.9 Å². The lowest BCUT2D eigenvalue weighted by Crippen LogP contribution is -2.09. The lowest BCUT2D eigenvalue weighted by molar-refractivity contribution is 0.102. The second kappa shape index (κ2) is 11.0. The molecule has 4 rings (SSSR count). The third-order valence-corrected chi connectivity index (χ3v) is 7.41. The molecule has 1 aromatic carbocycles. The molecule has 0 unspecified atom stereocenters. The molecule has 3 heterocycles. The number of Topliss-reactive ketones (excluding diaryl/α,β-unsaturated/α-hetero) is 1. The summed E-state index contributed by atoms with van der Waals surface area (Å²) in [7, 11) is 1.71. The number of hydrogen-bond acceptors (Lipinski definition) is 6. The molecule has 0 radical (unpaired) electrons. The zero-order valence-corrected chi connectivity index (χ0v) is 20.8. The van der Waals surface area contributed by atoms with Gasteiger partial charge in [-0.15, -0.1) is 21.5 Å². The second-order valence-electron chi connectivity index (χ2n) is 7.85. The number of carbonyl (C=O) groups is 1. The molecule has 172 valence electrons. The third-order valence-electron chi connectivity index (χ3n) is 5.58. The Balaban J connectivity index is 1.53. The molecular weight excluding hydrogens is 452 g/mol. The molecule has 0 atom stereocenters. The van der Waals surface area contributed by atoms with Crippen LogP contribution in [0.1, 0.15) is 33.7 Å². The van der Waals surface area contributed by atoms with E-state index in [0.717, 1.165) is 45.8 Å². The van der Waals surface area contributed by atoms with Crippen molar-refractivity contribution in [3.8, 4) is 10.7 Å². The molecule has 0 aliphatic carbocycles. The zero-order chi connectivity index (χ0) is 23.2. The van der Waals surface area contributed by atoms with Gasteiger partial charge in [-0.3, -0.25) is 9.36 Å². The number of aryl methyl sites for hydroxylation is 1. The van der Waals surface area contributed by atoms with Crippen molar-refractivity contribution in [2.45, 2.75) is 38.5 Å². The van der Waals surface area contributed by atoms with Crippen LogP contribution in [-0.2, 0) is 17.8 Å². The van der Waals surface area contributed by atoms with Crippen LogP contribution in [0.5, 0.6) is 0 Å². The minimum Gasteiger partial charge on any atom is -0.385 e. The van der Waals surface area contributed by atoms with Gasteiger partial charge in [0, 0.05) is 37.2 Å². The SMILES string of the molecule is COCCCn1c(C)cc(C(=O)CSc2nnc(-c3cccs3)n2Cc2ccccc2)c1C. The Morgan fingerprint density at radius 3 is 2.64 bits per heavy atom. The van der Waals surface area contributed by atoms with Crippen molar-refractivity contribution in [1.82, 2.24) is 19.3 Å². The highest BCUT2D eigenvalue weighted by Crippen LogP contribution is 2.29. The Morgan fingerprint density at radius 1 is 1.09 bits per heavy atom. The minimum absolute atomic E-state index is 0.109. The van der Waals surface area contributed by atoms with Crippen molar-refractivity contribution >= 4 is 28.9 Å². The number of thiophene rings is 1. The van der Waals surface area contributed by atoms with Crippen LogP contribution in [0.15, 0.2) is 59.1 Å². The van der Waals surface area contributed by atoms with E-state index in [1.54, 1.807) is 18.4 Å². The maximum atomic E-state index is 13.1. The normalized spacial score (nSPS) is 11.2. The summed E-state index contributed by atoms with van der Waals surface area (Å²) in [6, 6.07) is 16.3. The Kier molecular flexibility index (Phi) is 7.80. The molecule has 3 aromatic heterocycles. The van der Waals surface area contributed by atoms with Crippen LogP contribution >= 0.6 is 23.1 Å². The van der Waals surface area contributed by atoms with Crippen LogP contribution in [0.3, 0.4) is 0 Å². The Bertz CT molecular complexity index is 1200. The Hall–Kier alpha value is -2.68. The number of methoxy groups -OCH3 is 1. The first kappa shape index (κ1) is 23.5. The van der Waals surface area contributed by atoms with Gasteiger partial charge in [0.1, 0.15) is 0 Å². The fourth-order valence-corrected chi connectivity index (χ4v) is 5.43. The standard InChI is InChI=1S/C25H28N4O2S2/c1-18-15-21(19(2)28(18)12-8-13-31-3)22(30)17-33-25-27-26-24(23-11-7-14-32-23)29(25)16-20-9-5-4-6-10-20/h4-7,9-11,14-15H,8,12-13,16-17H2,1-3H3. The lowest BCUT2D eigenvalue weighted by Gasteiger charge is -2.10. The molecule has 0 spiro atoms. The first-order valence-corrected chi connectivity index (χ1v) is 12.8. The van der Waals surface area contributed by atoms with E-state index in [-0.39, 0.29) is 5.78 Å². The maximum Gasteiger partial charge on any atom is 0.192 e. The molecule has 33 heavy (non-hydrogen) atoms. The highest BCUT2D eigenvalue weighted by Gasteiger charge is 2.20. The summed E-state index contributed by atoms with van der Waals surface area (Å²) in [4.78, 5) is 14.2. The number of benzene rings is 1. The summed E-state index contributed by atoms with van der Waals surface area (Å²) >= 11 is 3.09. The van der Waals surface area contributed by atoms with E-state index in [1.165, 1.54) is 17.3 Å². The first-order chi connectivity index (χ1) is 16.1. The van der Waals surface area contributed by atoms with Gasteiger partial charge in [0.05, 0.1) is 17.2 Å². The lowest BCUT2D eigenvalue weighted by atomic mass is 10.2. The number of rotatable bonds is 11. The molecule has 0 saturated carbocycles. The molecule has 0 saturated heterocycles. The van der Waals surface area contributed by atoms with E-state index < -0.39 is 0 Å². The molecule has 0 N–H and O–H groups in total. The minimum atomic E-state index is 0.109. The Labute approximate surface area is 202 Å². The van der Waals surface area contributed by atoms with Gasteiger partial charge in [0.2, 0.25) is 0 Å². The number of ether oxygens (including phenoxy) is 1. The molecule has 6 nitrogen and oxygen atoms in total. The second-order valence-corrected chi connectivity index (χ2v) is 9.74. The molecule has 0 amide bonds. The molecule has 0 bridgehead atoms. The third kappa shape index (κ3) is 5.46. The molecule has 4 aromatic rings. The number of hydrogen-bond donors (Lipinski definition) is 0. The fourth-order valence-electron chi connectivity index (χ4n) is 3.89. The fraction of sp³-hybridized carbons (Fsp3) is 0.320. The number of aromatic nitrogens is 4. The summed E-state index contributed by atoms with van der Waals surface area (Å²) in [5.74, 6) is 1.26. The summed E-state index contributed by atoms with van der Waals surface area (Å²) in [5, 5.41) is 11.7. The molecule has 8 heteroatoms. The van der Waals surface area contributed by atoms with Crippen LogP contribution in [0.25, 0.3) is 10.7 Å². The summed E-state index contributed by atoms with van der Waals surface area (Å²) in [6.07, 6.45) is 0.920. The van der Waals surface area contributed by atoms with Crippen molar-refractivity contribution in [1.29, 1.82) is 0 Å². The number of nitrogens with zero attached hydrogens (tertiary/aromatic N) is 4. The van der Waals surface area contributed by atoms with Crippen LogP contribution in [0.4, 0.5) is 0 Å². The monoisotopic (exact) mass is 480 g/mol. The number of carbonyl (C=O) groups excluding carboxylic acids is 1. The molecule has 0 aliphatic rings. The number of ketones is 1. The van der Waals surface area contributed by atoms with Gasteiger partial charge in [-0.2, -0.15) is 0 Å². The van der Waals surface area contributed by atoms with Gasteiger partial charge < -0.3 is 9.30 Å². The molecule has 0 fully saturated rings. The quantitative estimate of drug-likeness (QED) is 0.161. The largest absolute Gasteiger partial charge is 0.385 e. The van der Waals surface area contributed by atoms with Crippen molar-refractivity contribution in [3.63, 3.8) is 0 Å². The van der Waals surface area contributed by atoms with Crippen molar-refractivity contribution in [3.05, 3.63) is 76.4 Å². The van der Waals surface area contributed by atoms with E-state index in [2.05, 4.69) is 31.5 Å². The van der Waals surface area contributed by atoms with Crippen molar-refractivity contribution in [2.75, 3.05) is 19.5 Å². The molecule has 0 aliphatic heterocycles. The van der Waals surface area contributed by atoms with Gasteiger partial charge in [-0.25, -0.2) is 0 Å². The predicted molar refractivity (Wildman–Crippen MR) is 134 cm³/mol. The van der Waals surface area contributed by atoms with E-state index in [4.69, 9.17) is 4.74 Å². The average Bonchev–Trinajstić information content (AvgIpc) is 3.54. The van der Waals surface area contributed by atoms with Crippen molar-refractivity contribution < 1.29 is 9.53 Å². The maximum absolute atomic E-state index is 13.1. The summed E-state index contributed by atoms with van der Waals surface area (Å²) < 4.78 is 9.47. The van der Waals surface area contributed by atoms with Crippen LogP contribution in [0, 0.1) is 13.8 Å². The van der Waals surface area contributed by atoms with Gasteiger partial charge in [-0.05, 0) is 43.3 Å². The van der Waals surface area contributed by atoms with Gasteiger partial charge in [0.25, 0.3) is 0 Å². The molecular formula is C25H28N4O2S2. The van der Waals surface area contributed by atoms with Crippen molar-refractivity contribution in [2.24, 2.45) is 0 Å². The Morgan fingerprint density at radius 2 is 1.91 bits per heavy atom. The van der Waals surface area contributed by atoms with Gasteiger partial charge in [-0.1, -0.05) is 48.2 Å². The zero-order valence-electron chi connectivity index (χ0n) is 19.2. The van der Waals surface area contributed by atoms with E-state index >= 15 is 0 Å². The van der Waals surface area contributed by atoms with Crippen LogP contribution in [0.2, 0.25) is 0 Å². The van der Waals surface area contributed by atoms with Crippen LogP contribution in [-0.4, -0.2) is 44.6 Å². The topological polar surface area (TPSA) is 61.9 Å². The number of thioether (sulfide) groups is 1. The average molecular weight is 481 g/mol. The first-order valence-electron chi connectivity index (χ1n) is 10.9. The predicted octanol–water partition coefficient (Wildman–Crippen LogP) is 5.48. The van der Waals surface area contributed by atoms with Gasteiger partial charge in [0.15, 0.2) is 16.8 Å². The van der Waals surface area contributed by atoms with E-state index in [1.807, 2.05) is 55.6 Å². The summed E-state index contributed by atoms with van der Waals surface area (Å²) in [6.45, 7) is 6.28. The summed E-state index contributed by atoms with van der Waals surface area (Å²) in [5.41, 5.74) is 4.07. The highest BCUT2D eigenvalue weighted by atomic mass is 32.2. The van der Waals surface area contributed by atoms with Gasteiger partial charge >= 0.3 is 0 Å².